The molecule has 0 rings (SSSR count). The monoisotopic (exact) mass is 134 g/mol. The maximum absolute atomic E-state index is 10.0. The van der Waals surface area contributed by atoms with Crippen LogP contribution in [-0.4, -0.2) is 11.1 Å². The summed E-state index contributed by atoms with van der Waals surface area (Å²) >= 11 is 0. The Balaban J connectivity index is 2.93. The largest absolute Gasteiger partial charge is 0.346 e. The molecular weight excluding hydrogens is 123 g/mol. The molecule has 0 amide bonds. The lowest BCUT2D eigenvalue weighted by Crippen LogP contribution is -1.74. The van der Waals surface area contributed by atoms with Gasteiger partial charge >= 0.3 is 0 Å². The number of rotatable bonds is 4. The van der Waals surface area contributed by atoms with Crippen LogP contribution in [0, 0.1) is 0 Å². The second kappa shape index (κ2) is 5.07. The first-order valence-electron chi connectivity index (χ1n) is 2.60. The van der Waals surface area contributed by atoms with Crippen LogP contribution in [0.15, 0.2) is 12.7 Å². The SMILES string of the molecule is C=CCCC[PH](=O)O. The van der Waals surface area contributed by atoms with Gasteiger partial charge in [-0.3, -0.25) is 4.57 Å². The second-order valence-corrected chi connectivity index (χ2v) is 2.86. The fourth-order valence-corrected chi connectivity index (χ4v) is 0.904. The molecule has 0 aliphatic carbocycles. The maximum Gasteiger partial charge on any atom is 0.189 e. The molecule has 0 aromatic carbocycles. The summed E-state index contributed by atoms with van der Waals surface area (Å²) in [5.41, 5.74) is 0. The minimum Gasteiger partial charge on any atom is -0.346 e. The lowest BCUT2D eigenvalue weighted by molar-refractivity contribution is 0.501. The van der Waals surface area contributed by atoms with E-state index >= 15 is 0 Å². The molecule has 0 radical (unpaired) electrons. The molecule has 0 aliphatic heterocycles. The third kappa shape index (κ3) is 5.93. The van der Waals surface area contributed by atoms with Crippen LogP contribution in [0.2, 0.25) is 0 Å². The summed E-state index contributed by atoms with van der Waals surface area (Å²) in [6, 6.07) is 0. The Hall–Kier alpha value is -0.0700. The van der Waals surface area contributed by atoms with Gasteiger partial charge in [0.1, 0.15) is 0 Å². The van der Waals surface area contributed by atoms with Crippen molar-refractivity contribution in [3.63, 3.8) is 0 Å². The van der Waals surface area contributed by atoms with Gasteiger partial charge in [-0.1, -0.05) is 6.08 Å². The van der Waals surface area contributed by atoms with Crippen LogP contribution < -0.4 is 0 Å². The molecule has 1 unspecified atom stereocenters. The van der Waals surface area contributed by atoms with Crippen LogP contribution >= 0.6 is 8.03 Å². The Morgan fingerprint density at radius 2 is 2.38 bits per heavy atom. The number of hydrogen-bond acceptors (Lipinski definition) is 1. The molecule has 0 fully saturated rings. The van der Waals surface area contributed by atoms with Crippen LogP contribution in [0.3, 0.4) is 0 Å². The van der Waals surface area contributed by atoms with E-state index in [0.717, 1.165) is 12.8 Å². The average Bonchev–Trinajstić information content (AvgIpc) is 1.66. The number of allylic oxidation sites excluding steroid dienone is 1. The highest BCUT2D eigenvalue weighted by molar-refractivity contribution is 7.37. The summed E-state index contributed by atoms with van der Waals surface area (Å²) in [5, 5.41) is 0. The van der Waals surface area contributed by atoms with Crippen LogP contribution in [0.5, 0.6) is 0 Å². The van der Waals surface area contributed by atoms with E-state index in [1.165, 1.54) is 0 Å². The van der Waals surface area contributed by atoms with Gasteiger partial charge in [-0.2, -0.15) is 0 Å². The lowest BCUT2D eigenvalue weighted by atomic mass is 10.3. The van der Waals surface area contributed by atoms with Gasteiger partial charge in [0, 0.05) is 6.16 Å². The minimum atomic E-state index is -2.20. The molecule has 0 heterocycles. The molecule has 3 heteroatoms. The maximum atomic E-state index is 10.0. The molecule has 0 aromatic rings. The molecule has 0 saturated heterocycles. The summed E-state index contributed by atoms with van der Waals surface area (Å²) < 4.78 is 10.0. The quantitative estimate of drug-likeness (QED) is 0.358. The van der Waals surface area contributed by atoms with E-state index in [0.29, 0.717) is 6.16 Å². The van der Waals surface area contributed by atoms with E-state index < -0.39 is 8.03 Å². The van der Waals surface area contributed by atoms with Gasteiger partial charge in [0.05, 0.1) is 0 Å². The van der Waals surface area contributed by atoms with Crippen molar-refractivity contribution < 1.29 is 9.46 Å². The standard InChI is InChI=1S/C5H11O2P/c1-2-3-4-5-8(6)7/h2,8H,1,3-5H2,(H,6,7). The van der Waals surface area contributed by atoms with Crippen molar-refractivity contribution in [2.24, 2.45) is 0 Å². The van der Waals surface area contributed by atoms with E-state index in [1.54, 1.807) is 6.08 Å². The summed E-state index contributed by atoms with van der Waals surface area (Å²) in [6.07, 6.45) is 3.83. The Kier molecular flexibility index (Phi) is 5.03. The number of hydrogen-bond donors (Lipinski definition) is 1. The molecule has 0 bridgehead atoms. The fourth-order valence-electron chi connectivity index (χ4n) is 0.398. The smallest absolute Gasteiger partial charge is 0.189 e. The first-order chi connectivity index (χ1) is 3.77. The molecule has 0 aromatic heterocycles. The third-order valence-electron chi connectivity index (χ3n) is 0.799. The van der Waals surface area contributed by atoms with Gasteiger partial charge in [-0.05, 0) is 12.8 Å². The fraction of sp³-hybridized carbons (Fsp3) is 0.600. The first kappa shape index (κ1) is 7.93. The summed E-state index contributed by atoms with van der Waals surface area (Å²) in [4.78, 5) is 8.29. The topological polar surface area (TPSA) is 37.3 Å². The van der Waals surface area contributed by atoms with Crippen LogP contribution in [0.1, 0.15) is 12.8 Å². The predicted molar refractivity (Wildman–Crippen MR) is 35.5 cm³/mol. The highest BCUT2D eigenvalue weighted by atomic mass is 31.1. The summed E-state index contributed by atoms with van der Waals surface area (Å²) in [6.45, 7) is 3.49. The molecule has 48 valence electrons. The van der Waals surface area contributed by atoms with Crippen LogP contribution in [0.4, 0.5) is 0 Å². The third-order valence-corrected chi connectivity index (χ3v) is 1.58. The van der Waals surface area contributed by atoms with Crippen LogP contribution in [-0.2, 0) is 4.57 Å². The van der Waals surface area contributed by atoms with Gasteiger partial charge in [0.2, 0.25) is 0 Å². The summed E-state index contributed by atoms with van der Waals surface area (Å²) in [7, 11) is -2.20. The Morgan fingerprint density at radius 3 is 2.75 bits per heavy atom. The molecule has 1 atom stereocenters. The first-order valence-corrected chi connectivity index (χ1v) is 4.16. The van der Waals surface area contributed by atoms with Crippen molar-refractivity contribution in [2.75, 3.05) is 6.16 Å². The lowest BCUT2D eigenvalue weighted by Gasteiger charge is -1.88. The van der Waals surface area contributed by atoms with E-state index in [2.05, 4.69) is 6.58 Å². The molecule has 1 N–H and O–H groups in total. The van der Waals surface area contributed by atoms with Gasteiger partial charge in [0.15, 0.2) is 8.03 Å². The molecule has 0 spiro atoms. The van der Waals surface area contributed by atoms with Gasteiger partial charge < -0.3 is 4.89 Å². The zero-order valence-electron chi connectivity index (χ0n) is 4.76. The Bertz CT molecular complexity index is 90.4. The van der Waals surface area contributed by atoms with Crippen molar-refractivity contribution in [2.45, 2.75) is 12.8 Å². The second-order valence-electron chi connectivity index (χ2n) is 1.57. The molecule has 0 saturated carbocycles. The van der Waals surface area contributed by atoms with Crippen molar-refractivity contribution >= 4 is 8.03 Å². The van der Waals surface area contributed by atoms with Gasteiger partial charge in [-0.15, -0.1) is 6.58 Å². The molecule has 2 nitrogen and oxygen atoms in total. The van der Waals surface area contributed by atoms with E-state index in [1.807, 2.05) is 0 Å². The molecule has 0 aliphatic rings. The minimum absolute atomic E-state index is 0.441. The average molecular weight is 134 g/mol. The van der Waals surface area contributed by atoms with E-state index in [4.69, 9.17) is 4.89 Å². The summed E-state index contributed by atoms with van der Waals surface area (Å²) in [5.74, 6) is 0. The van der Waals surface area contributed by atoms with Crippen molar-refractivity contribution in [1.29, 1.82) is 0 Å². The zero-order chi connectivity index (χ0) is 6.41. The highest BCUT2D eigenvalue weighted by Crippen LogP contribution is 2.14. The van der Waals surface area contributed by atoms with E-state index in [9.17, 15) is 4.57 Å². The molecule has 8 heavy (non-hydrogen) atoms. The van der Waals surface area contributed by atoms with Crippen molar-refractivity contribution in [3.05, 3.63) is 12.7 Å². The van der Waals surface area contributed by atoms with Crippen molar-refractivity contribution in [1.82, 2.24) is 0 Å². The normalized spacial score (nSPS) is 13.1. The van der Waals surface area contributed by atoms with Crippen molar-refractivity contribution in [3.8, 4) is 0 Å². The van der Waals surface area contributed by atoms with Crippen LogP contribution in [0.25, 0.3) is 0 Å². The predicted octanol–water partition coefficient (Wildman–Crippen LogP) is 1.42. The van der Waals surface area contributed by atoms with Gasteiger partial charge in [-0.25, -0.2) is 0 Å². The Labute approximate surface area is 50.1 Å². The highest BCUT2D eigenvalue weighted by Gasteiger charge is 1.88. The Morgan fingerprint density at radius 1 is 1.75 bits per heavy atom. The zero-order valence-corrected chi connectivity index (χ0v) is 5.76. The van der Waals surface area contributed by atoms with E-state index in [-0.39, 0.29) is 0 Å². The number of unbranched alkanes of at least 4 members (excludes halogenated alkanes) is 1. The molecular formula is C5H11O2P. The van der Waals surface area contributed by atoms with Gasteiger partial charge in [0.25, 0.3) is 0 Å².